The molecule has 0 amide bonds. The summed E-state index contributed by atoms with van der Waals surface area (Å²) in [6, 6.07) is 12.5. The molecule has 2 aromatic rings. The summed E-state index contributed by atoms with van der Waals surface area (Å²) in [4.78, 5) is 11.9. The second kappa shape index (κ2) is 10.3. The van der Waals surface area contributed by atoms with Gasteiger partial charge in [-0.25, -0.2) is 0 Å². The van der Waals surface area contributed by atoms with Crippen molar-refractivity contribution in [1.29, 1.82) is 0 Å². The molecule has 0 radical (unpaired) electrons. The summed E-state index contributed by atoms with van der Waals surface area (Å²) in [7, 11) is 0. The number of hydrogen-bond acceptors (Lipinski definition) is 3. The first kappa shape index (κ1) is 23.0. The third kappa shape index (κ3) is 6.88. The van der Waals surface area contributed by atoms with E-state index in [0.29, 0.717) is 0 Å². The zero-order chi connectivity index (χ0) is 19.2. The molecule has 0 spiro atoms. The van der Waals surface area contributed by atoms with E-state index < -0.39 is 23.8 Å². The van der Waals surface area contributed by atoms with Crippen molar-refractivity contribution in [1.82, 2.24) is 5.32 Å². The number of ether oxygens (including phenoxy) is 1. The second-order valence-electron chi connectivity index (χ2n) is 6.01. The highest BCUT2D eigenvalue weighted by Gasteiger charge is 2.33. The van der Waals surface area contributed by atoms with Crippen molar-refractivity contribution in [3.05, 3.63) is 70.8 Å². The van der Waals surface area contributed by atoms with Gasteiger partial charge in [-0.3, -0.25) is 4.79 Å². The molecule has 3 nitrogen and oxygen atoms in total. The maximum Gasteiger partial charge on any atom is 0.416 e. The van der Waals surface area contributed by atoms with Crippen molar-refractivity contribution in [2.75, 3.05) is 6.61 Å². The molecule has 0 aliphatic heterocycles. The van der Waals surface area contributed by atoms with Crippen LogP contribution in [0, 0.1) is 6.92 Å². The molecule has 0 aliphatic carbocycles. The molecule has 0 saturated carbocycles. The van der Waals surface area contributed by atoms with Gasteiger partial charge in [0.1, 0.15) is 0 Å². The normalized spacial score (nSPS) is 12.2. The van der Waals surface area contributed by atoms with E-state index in [1.165, 1.54) is 12.1 Å². The van der Waals surface area contributed by atoms with Crippen LogP contribution in [0.1, 0.15) is 41.6 Å². The molecule has 0 bridgehead atoms. The third-order valence-electron chi connectivity index (χ3n) is 4.02. The first-order valence-electron chi connectivity index (χ1n) is 8.42. The average Bonchev–Trinajstić information content (AvgIpc) is 2.59. The van der Waals surface area contributed by atoms with E-state index in [1.54, 1.807) is 13.0 Å². The number of carbonyl (C=O) groups excluding carboxylic acids is 1. The number of alkyl halides is 3. The number of carbonyl (C=O) groups is 1. The Bertz CT molecular complexity index is 733. The van der Waals surface area contributed by atoms with E-state index >= 15 is 0 Å². The number of aryl methyl sites for hydroxylation is 1. The quantitative estimate of drug-likeness (QED) is 0.646. The van der Waals surface area contributed by atoms with Crippen LogP contribution < -0.4 is 5.32 Å². The molecule has 0 aromatic heterocycles. The van der Waals surface area contributed by atoms with Gasteiger partial charge in [0.15, 0.2) is 0 Å². The van der Waals surface area contributed by atoms with Gasteiger partial charge in [-0.05, 0) is 31.0 Å². The van der Waals surface area contributed by atoms with Gasteiger partial charge in [-0.2, -0.15) is 13.2 Å². The summed E-state index contributed by atoms with van der Waals surface area (Å²) >= 11 is 0. The van der Waals surface area contributed by atoms with Crippen LogP contribution in [-0.2, 0) is 22.3 Å². The smallest absolute Gasteiger partial charge is 0.416 e. The van der Waals surface area contributed by atoms with Gasteiger partial charge in [0.25, 0.3) is 0 Å². The van der Waals surface area contributed by atoms with Crippen LogP contribution >= 0.6 is 12.4 Å². The maximum atomic E-state index is 13.1. The van der Waals surface area contributed by atoms with Gasteiger partial charge in [0.2, 0.25) is 0 Å². The Labute approximate surface area is 163 Å². The number of rotatable bonds is 7. The van der Waals surface area contributed by atoms with Crippen LogP contribution in [0.4, 0.5) is 13.2 Å². The van der Waals surface area contributed by atoms with Crippen LogP contribution in [0.3, 0.4) is 0 Å². The SMILES string of the molecule is CCOC(=O)CC(NCc1ccccc1C(F)(F)F)c1ccc(C)cc1.Cl. The van der Waals surface area contributed by atoms with Gasteiger partial charge < -0.3 is 10.1 Å². The molecule has 7 heteroatoms. The molecule has 0 saturated heterocycles. The number of halogens is 4. The van der Waals surface area contributed by atoms with Crippen LogP contribution in [0.25, 0.3) is 0 Å². The zero-order valence-corrected chi connectivity index (χ0v) is 16.0. The van der Waals surface area contributed by atoms with Gasteiger partial charge in [-0.15, -0.1) is 12.4 Å². The Morgan fingerprint density at radius 1 is 1.11 bits per heavy atom. The first-order valence-corrected chi connectivity index (χ1v) is 8.42. The van der Waals surface area contributed by atoms with E-state index in [1.807, 2.05) is 31.2 Å². The van der Waals surface area contributed by atoms with Crippen molar-refractivity contribution < 1.29 is 22.7 Å². The molecule has 0 fully saturated rings. The zero-order valence-electron chi connectivity index (χ0n) is 15.2. The monoisotopic (exact) mass is 401 g/mol. The highest BCUT2D eigenvalue weighted by molar-refractivity contribution is 5.85. The van der Waals surface area contributed by atoms with Gasteiger partial charge >= 0.3 is 12.1 Å². The molecule has 0 heterocycles. The molecule has 1 N–H and O–H groups in total. The Morgan fingerprint density at radius 2 is 1.74 bits per heavy atom. The highest BCUT2D eigenvalue weighted by atomic mass is 35.5. The van der Waals surface area contributed by atoms with Gasteiger partial charge in [0, 0.05) is 12.6 Å². The second-order valence-corrected chi connectivity index (χ2v) is 6.01. The minimum absolute atomic E-state index is 0. The molecule has 1 atom stereocenters. The molecule has 2 rings (SSSR count). The number of benzene rings is 2. The molecule has 2 aromatic carbocycles. The van der Waals surface area contributed by atoms with E-state index in [0.717, 1.165) is 17.2 Å². The first-order chi connectivity index (χ1) is 12.3. The fraction of sp³-hybridized carbons (Fsp3) is 0.350. The van der Waals surface area contributed by atoms with Crippen LogP contribution in [-0.4, -0.2) is 12.6 Å². The minimum atomic E-state index is -4.42. The summed E-state index contributed by atoms with van der Waals surface area (Å²) < 4.78 is 44.4. The largest absolute Gasteiger partial charge is 0.466 e. The standard InChI is InChI=1S/C20H22F3NO2.ClH/c1-3-26-19(25)12-18(15-10-8-14(2)9-11-15)24-13-16-6-4-5-7-17(16)20(21,22)23;/h4-11,18,24H,3,12-13H2,1-2H3;1H. The van der Waals surface area contributed by atoms with E-state index in [4.69, 9.17) is 4.74 Å². The highest BCUT2D eigenvalue weighted by Crippen LogP contribution is 2.32. The Morgan fingerprint density at radius 3 is 2.33 bits per heavy atom. The average molecular weight is 402 g/mol. The minimum Gasteiger partial charge on any atom is -0.466 e. The lowest BCUT2D eigenvalue weighted by Gasteiger charge is -2.20. The van der Waals surface area contributed by atoms with Gasteiger partial charge in [0.05, 0.1) is 18.6 Å². The van der Waals surface area contributed by atoms with Crippen molar-refractivity contribution in [2.45, 2.75) is 39.0 Å². The van der Waals surface area contributed by atoms with Crippen molar-refractivity contribution in [2.24, 2.45) is 0 Å². The molecular formula is C20H23ClF3NO2. The third-order valence-corrected chi connectivity index (χ3v) is 4.02. The Balaban J connectivity index is 0.00000364. The Hall–Kier alpha value is -2.05. The Kier molecular flexibility index (Phi) is 8.79. The topological polar surface area (TPSA) is 38.3 Å². The lowest BCUT2D eigenvalue weighted by Crippen LogP contribution is -2.25. The fourth-order valence-corrected chi connectivity index (χ4v) is 2.68. The van der Waals surface area contributed by atoms with Crippen molar-refractivity contribution in [3.63, 3.8) is 0 Å². The molecule has 27 heavy (non-hydrogen) atoms. The van der Waals surface area contributed by atoms with Gasteiger partial charge in [-0.1, -0.05) is 48.0 Å². The molecule has 148 valence electrons. The van der Waals surface area contributed by atoms with E-state index in [2.05, 4.69) is 5.32 Å². The summed E-state index contributed by atoms with van der Waals surface area (Å²) in [5.74, 6) is -0.394. The summed E-state index contributed by atoms with van der Waals surface area (Å²) in [6.45, 7) is 3.91. The number of nitrogens with one attached hydrogen (secondary N) is 1. The summed E-state index contributed by atoms with van der Waals surface area (Å²) in [5, 5.41) is 3.07. The van der Waals surface area contributed by atoms with Crippen molar-refractivity contribution in [3.8, 4) is 0 Å². The summed E-state index contributed by atoms with van der Waals surface area (Å²) in [6.07, 6.45) is -4.37. The van der Waals surface area contributed by atoms with Crippen LogP contribution in [0.2, 0.25) is 0 Å². The van der Waals surface area contributed by atoms with Crippen LogP contribution in [0.5, 0.6) is 0 Å². The molecule has 1 unspecified atom stereocenters. The van der Waals surface area contributed by atoms with E-state index in [-0.39, 0.29) is 37.5 Å². The summed E-state index contributed by atoms with van der Waals surface area (Å²) in [5.41, 5.74) is 1.35. The molecular weight excluding hydrogens is 379 g/mol. The number of esters is 1. The number of hydrogen-bond donors (Lipinski definition) is 1. The molecule has 0 aliphatic rings. The lowest BCUT2D eigenvalue weighted by molar-refractivity contribution is -0.144. The van der Waals surface area contributed by atoms with Crippen molar-refractivity contribution >= 4 is 18.4 Å². The predicted octanol–water partition coefficient (Wildman–Crippen LogP) is 5.22. The fourth-order valence-electron chi connectivity index (χ4n) is 2.68. The van der Waals surface area contributed by atoms with E-state index in [9.17, 15) is 18.0 Å². The maximum absolute atomic E-state index is 13.1. The van der Waals surface area contributed by atoms with Crippen LogP contribution in [0.15, 0.2) is 48.5 Å². The predicted molar refractivity (Wildman–Crippen MR) is 101 cm³/mol. The lowest BCUT2D eigenvalue weighted by atomic mass is 10.0.